The minimum atomic E-state index is 0.917. The quantitative estimate of drug-likeness (QED) is 0.560. The second-order valence-corrected chi connectivity index (χ2v) is 4.43. The largest absolute Gasteiger partial charge is 0.103 e. The topological polar surface area (TPSA) is 0 Å². The van der Waals surface area contributed by atoms with E-state index >= 15 is 0 Å². The average molecular weight is 178 g/mol. The zero-order valence-electron chi connectivity index (χ0n) is 9.10. The fourth-order valence-electron chi connectivity index (χ4n) is 1.96. The summed E-state index contributed by atoms with van der Waals surface area (Å²) in [5, 5.41) is 0. The normalized spacial score (nSPS) is 27.8. The van der Waals surface area contributed by atoms with Crippen molar-refractivity contribution in [1.82, 2.24) is 0 Å². The summed E-state index contributed by atoms with van der Waals surface area (Å²) in [6.07, 6.45) is 9.15. The van der Waals surface area contributed by atoms with E-state index in [-0.39, 0.29) is 0 Å². The highest BCUT2D eigenvalue weighted by molar-refractivity contribution is 5.00. The van der Waals surface area contributed by atoms with Crippen LogP contribution in [0.5, 0.6) is 0 Å². The highest BCUT2D eigenvalue weighted by Crippen LogP contribution is 2.29. The summed E-state index contributed by atoms with van der Waals surface area (Å²) in [7, 11) is 0. The molecule has 0 nitrogen and oxygen atoms in total. The fraction of sp³-hybridized carbons (Fsp3) is 0.846. The van der Waals surface area contributed by atoms with Crippen molar-refractivity contribution in [2.24, 2.45) is 11.8 Å². The molecule has 0 unspecified atom stereocenters. The van der Waals surface area contributed by atoms with E-state index in [1.807, 2.05) is 0 Å². The van der Waals surface area contributed by atoms with Crippen LogP contribution >= 0.6 is 0 Å². The highest BCUT2D eigenvalue weighted by Gasteiger charge is 2.16. The molecule has 1 fully saturated rings. The Labute approximate surface area is 83.1 Å². The van der Waals surface area contributed by atoms with Gasteiger partial charge in [-0.1, -0.05) is 26.7 Å². The average Bonchev–Trinajstić information content (AvgIpc) is 2.15. The van der Waals surface area contributed by atoms with Crippen LogP contribution in [0.1, 0.15) is 58.8 Å². The Morgan fingerprint density at radius 2 is 1.77 bits per heavy atom. The van der Waals surface area contributed by atoms with Crippen molar-refractivity contribution in [2.75, 3.05) is 0 Å². The molecule has 0 heterocycles. The SMILES string of the molecule is CCCC#CCC1CCC(C)CC1. The van der Waals surface area contributed by atoms with E-state index in [0.717, 1.165) is 24.7 Å². The van der Waals surface area contributed by atoms with Crippen molar-refractivity contribution in [3.05, 3.63) is 0 Å². The fourth-order valence-corrected chi connectivity index (χ4v) is 1.96. The molecule has 0 heteroatoms. The summed E-state index contributed by atoms with van der Waals surface area (Å²) in [5.41, 5.74) is 0. The van der Waals surface area contributed by atoms with Gasteiger partial charge in [0.2, 0.25) is 0 Å². The molecule has 1 aliphatic carbocycles. The van der Waals surface area contributed by atoms with Crippen LogP contribution in [0, 0.1) is 23.7 Å². The lowest BCUT2D eigenvalue weighted by Crippen LogP contribution is -2.11. The summed E-state index contributed by atoms with van der Waals surface area (Å²) >= 11 is 0. The third-order valence-corrected chi connectivity index (χ3v) is 3.03. The molecule has 1 rings (SSSR count). The van der Waals surface area contributed by atoms with Gasteiger partial charge in [-0.25, -0.2) is 0 Å². The lowest BCUT2D eigenvalue weighted by atomic mass is 9.81. The van der Waals surface area contributed by atoms with Gasteiger partial charge in [0.15, 0.2) is 0 Å². The second-order valence-electron chi connectivity index (χ2n) is 4.43. The van der Waals surface area contributed by atoms with E-state index < -0.39 is 0 Å². The first-order valence-electron chi connectivity index (χ1n) is 5.78. The Morgan fingerprint density at radius 1 is 1.08 bits per heavy atom. The van der Waals surface area contributed by atoms with E-state index in [2.05, 4.69) is 25.7 Å². The van der Waals surface area contributed by atoms with Gasteiger partial charge in [-0.2, -0.15) is 0 Å². The van der Waals surface area contributed by atoms with Crippen molar-refractivity contribution in [3.63, 3.8) is 0 Å². The van der Waals surface area contributed by atoms with Crippen LogP contribution in [0.4, 0.5) is 0 Å². The molecule has 0 radical (unpaired) electrons. The van der Waals surface area contributed by atoms with Gasteiger partial charge in [-0.15, -0.1) is 11.8 Å². The molecule has 74 valence electrons. The number of rotatable bonds is 2. The van der Waals surface area contributed by atoms with Gasteiger partial charge in [0, 0.05) is 12.8 Å². The van der Waals surface area contributed by atoms with Crippen LogP contribution in [0.2, 0.25) is 0 Å². The Hall–Kier alpha value is -0.440. The molecule has 0 amide bonds. The molecule has 13 heavy (non-hydrogen) atoms. The first-order valence-corrected chi connectivity index (χ1v) is 5.78. The first-order chi connectivity index (χ1) is 6.33. The molecule has 1 saturated carbocycles. The van der Waals surface area contributed by atoms with Gasteiger partial charge >= 0.3 is 0 Å². The molecular weight excluding hydrogens is 156 g/mol. The van der Waals surface area contributed by atoms with E-state index in [9.17, 15) is 0 Å². The molecule has 0 spiro atoms. The minimum Gasteiger partial charge on any atom is -0.103 e. The molecule has 0 atom stereocenters. The van der Waals surface area contributed by atoms with E-state index in [0.29, 0.717) is 0 Å². The maximum absolute atomic E-state index is 3.32. The van der Waals surface area contributed by atoms with Gasteiger partial charge < -0.3 is 0 Å². The zero-order chi connectivity index (χ0) is 9.52. The zero-order valence-corrected chi connectivity index (χ0v) is 9.10. The molecule has 0 bridgehead atoms. The molecule has 0 aromatic carbocycles. The lowest BCUT2D eigenvalue weighted by Gasteiger charge is -2.24. The second kappa shape index (κ2) is 6.08. The van der Waals surface area contributed by atoms with Gasteiger partial charge in [0.25, 0.3) is 0 Å². The van der Waals surface area contributed by atoms with Crippen LogP contribution < -0.4 is 0 Å². The van der Waals surface area contributed by atoms with Crippen LogP contribution in [0.3, 0.4) is 0 Å². The first kappa shape index (κ1) is 10.6. The van der Waals surface area contributed by atoms with Crippen LogP contribution in [0.25, 0.3) is 0 Å². The van der Waals surface area contributed by atoms with E-state index in [4.69, 9.17) is 0 Å². The number of hydrogen-bond donors (Lipinski definition) is 0. The van der Waals surface area contributed by atoms with Crippen LogP contribution in [0.15, 0.2) is 0 Å². The monoisotopic (exact) mass is 178 g/mol. The summed E-state index contributed by atoms with van der Waals surface area (Å²) in [5.74, 6) is 8.45. The Bertz CT molecular complexity index is 174. The maximum atomic E-state index is 3.32. The third kappa shape index (κ3) is 4.36. The number of hydrogen-bond acceptors (Lipinski definition) is 0. The molecule has 0 N–H and O–H groups in total. The van der Waals surface area contributed by atoms with Crippen molar-refractivity contribution >= 4 is 0 Å². The molecule has 1 aliphatic rings. The van der Waals surface area contributed by atoms with Gasteiger partial charge in [-0.05, 0) is 31.1 Å². The summed E-state index contributed by atoms with van der Waals surface area (Å²) in [6.45, 7) is 4.57. The van der Waals surface area contributed by atoms with Crippen LogP contribution in [-0.2, 0) is 0 Å². The van der Waals surface area contributed by atoms with Crippen molar-refractivity contribution < 1.29 is 0 Å². The highest BCUT2D eigenvalue weighted by atomic mass is 14.2. The summed E-state index contributed by atoms with van der Waals surface area (Å²) in [6, 6.07) is 0. The van der Waals surface area contributed by atoms with Gasteiger partial charge in [0.05, 0.1) is 0 Å². The van der Waals surface area contributed by atoms with Crippen LogP contribution in [-0.4, -0.2) is 0 Å². The number of unbranched alkanes of at least 4 members (excludes halogenated alkanes) is 1. The third-order valence-electron chi connectivity index (χ3n) is 3.03. The van der Waals surface area contributed by atoms with Gasteiger partial charge in [0.1, 0.15) is 0 Å². The predicted molar refractivity (Wildman–Crippen MR) is 58.4 cm³/mol. The molecule has 0 aromatic rings. The summed E-state index contributed by atoms with van der Waals surface area (Å²) < 4.78 is 0. The lowest BCUT2D eigenvalue weighted by molar-refractivity contribution is 0.294. The molecule has 0 aliphatic heterocycles. The van der Waals surface area contributed by atoms with Crippen molar-refractivity contribution in [2.45, 2.75) is 58.8 Å². The smallest absolute Gasteiger partial charge is 0.0117 e. The van der Waals surface area contributed by atoms with Gasteiger partial charge in [-0.3, -0.25) is 0 Å². The van der Waals surface area contributed by atoms with E-state index in [1.165, 1.54) is 32.1 Å². The van der Waals surface area contributed by atoms with Crippen molar-refractivity contribution in [3.8, 4) is 11.8 Å². The molecular formula is C13H22. The molecule has 0 aromatic heterocycles. The predicted octanol–water partition coefficient (Wildman–Crippen LogP) is 4.01. The Morgan fingerprint density at radius 3 is 2.38 bits per heavy atom. The Balaban J connectivity index is 2.13. The minimum absolute atomic E-state index is 0.917. The standard InChI is InChI=1S/C13H22/c1-3-4-5-6-7-13-10-8-12(2)9-11-13/h12-13H,3-4,7-11H2,1-2H3. The van der Waals surface area contributed by atoms with E-state index in [1.54, 1.807) is 0 Å². The molecule has 0 saturated heterocycles. The summed E-state index contributed by atoms with van der Waals surface area (Å²) in [4.78, 5) is 0. The van der Waals surface area contributed by atoms with Crippen molar-refractivity contribution in [1.29, 1.82) is 0 Å². The Kier molecular flexibility index (Phi) is 4.98. The maximum Gasteiger partial charge on any atom is 0.0117 e.